The second-order valence-electron chi connectivity index (χ2n) is 9.31. The summed E-state index contributed by atoms with van der Waals surface area (Å²) in [7, 11) is -7.25. The SMILES string of the molecule is CCc1cc(O)c(F)cc1-c1ccc2c(-c3nc4c([nH]3)CCN(S(=O)(=O)NCCNS(C)(=O)=O)C4)n[nH]c2c1. The predicted molar refractivity (Wildman–Crippen MR) is 144 cm³/mol. The van der Waals surface area contributed by atoms with E-state index in [1.165, 1.54) is 16.4 Å². The lowest BCUT2D eigenvalue weighted by molar-refractivity contribution is 0.378. The highest BCUT2D eigenvalue weighted by molar-refractivity contribution is 7.88. The Balaban J connectivity index is 1.36. The van der Waals surface area contributed by atoms with Gasteiger partial charge in [-0.3, -0.25) is 5.10 Å². The number of aromatic amines is 2. The van der Waals surface area contributed by atoms with Crippen LogP contribution in [0.5, 0.6) is 5.75 Å². The van der Waals surface area contributed by atoms with Crippen molar-refractivity contribution < 1.29 is 26.3 Å². The van der Waals surface area contributed by atoms with Crippen molar-refractivity contribution in [1.29, 1.82) is 0 Å². The average molecular weight is 578 g/mol. The van der Waals surface area contributed by atoms with Crippen molar-refractivity contribution in [2.24, 2.45) is 0 Å². The van der Waals surface area contributed by atoms with E-state index in [1.807, 2.05) is 25.1 Å². The van der Waals surface area contributed by atoms with Gasteiger partial charge < -0.3 is 10.1 Å². The van der Waals surface area contributed by atoms with Gasteiger partial charge in [0.1, 0.15) is 5.69 Å². The summed E-state index contributed by atoms with van der Waals surface area (Å²) in [4.78, 5) is 7.88. The number of aromatic nitrogens is 4. The summed E-state index contributed by atoms with van der Waals surface area (Å²) in [5.41, 5.74) is 4.94. The third-order valence-corrected chi connectivity index (χ3v) is 8.86. The molecule has 208 valence electrons. The van der Waals surface area contributed by atoms with Crippen LogP contribution < -0.4 is 9.44 Å². The number of fused-ring (bicyclic) bond motifs is 2. The van der Waals surface area contributed by atoms with Crippen LogP contribution >= 0.6 is 0 Å². The van der Waals surface area contributed by atoms with Crippen LogP contribution in [0.3, 0.4) is 0 Å². The Morgan fingerprint density at radius 3 is 2.64 bits per heavy atom. The maximum atomic E-state index is 14.1. The summed E-state index contributed by atoms with van der Waals surface area (Å²) >= 11 is 0. The largest absolute Gasteiger partial charge is 0.505 e. The number of rotatable bonds is 9. The third kappa shape index (κ3) is 5.67. The van der Waals surface area contributed by atoms with Gasteiger partial charge in [-0.25, -0.2) is 27.2 Å². The van der Waals surface area contributed by atoms with Crippen molar-refractivity contribution in [1.82, 2.24) is 33.9 Å². The van der Waals surface area contributed by atoms with Gasteiger partial charge in [0.2, 0.25) is 10.0 Å². The fourth-order valence-electron chi connectivity index (χ4n) is 4.62. The molecule has 12 nitrogen and oxygen atoms in total. The van der Waals surface area contributed by atoms with Gasteiger partial charge in [0, 0.05) is 37.1 Å². The standard InChI is InChI=1S/C24H28FN7O5S2/c1-3-14-11-22(33)18(25)12-17(14)15-4-5-16-20(10-15)30-31-23(16)24-28-19-6-9-32(13-21(19)29-24)39(36,37)27-8-7-26-38(2,34)35/h4-5,10-12,26-27,33H,3,6-9,13H2,1-2H3,(H,28,29)(H,30,31). The molecule has 0 spiro atoms. The lowest BCUT2D eigenvalue weighted by Gasteiger charge is -2.25. The molecule has 5 rings (SSSR count). The molecular formula is C24H28FN7O5S2. The van der Waals surface area contributed by atoms with Crippen molar-refractivity contribution in [3.8, 4) is 28.4 Å². The van der Waals surface area contributed by atoms with Crippen LogP contribution in [0.25, 0.3) is 33.5 Å². The van der Waals surface area contributed by atoms with Gasteiger partial charge in [-0.05, 0) is 47.4 Å². The summed E-state index contributed by atoms with van der Waals surface area (Å²) < 4.78 is 67.8. The molecule has 1 aliphatic heterocycles. The normalized spacial score (nSPS) is 14.6. The molecule has 0 atom stereocenters. The lowest BCUT2D eigenvalue weighted by Crippen LogP contribution is -2.45. The summed E-state index contributed by atoms with van der Waals surface area (Å²) in [6.07, 6.45) is 2.04. The summed E-state index contributed by atoms with van der Waals surface area (Å²) in [6, 6.07) is 8.34. The topological polar surface area (TPSA) is 173 Å². The number of nitrogens with zero attached hydrogens (tertiary/aromatic N) is 3. The van der Waals surface area contributed by atoms with E-state index in [0.29, 0.717) is 41.1 Å². The number of halogens is 1. The van der Waals surface area contributed by atoms with Crippen LogP contribution in [0.1, 0.15) is 23.9 Å². The van der Waals surface area contributed by atoms with Crippen LogP contribution in [-0.2, 0) is 39.6 Å². The van der Waals surface area contributed by atoms with Crippen LogP contribution in [0.2, 0.25) is 0 Å². The molecule has 0 saturated heterocycles. The smallest absolute Gasteiger partial charge is 0.279 e. The number of sulfonamides is 1. The number of benzene rings is 2. The minimum absolute atomic E-state index is 0.0549. The Kier molecular flexibility index (Phi) is 7.19. The number of H-pyrrole nitrogens is 2. The van der Waals surface area contributed by atoms with Gasteiger partial charge >= 0.3 is 0 Å². The van der Waals surface area contributed by atoms with E-state index in [2.05, 4.69) is 29.6 Å². The second-order valence-corrected chi connectivity index (χ2v) is 12.9. The monoisotopic (exact) mass is 577 g/mol. The molecule has 15 heteroatoms. The minimum Gasteiger partial charge on any atom is -0.505 e. The number of hydrogen-bond donors (Lipinski definition) is 5. The fraction of sp³-hybridized carbons (Fsp3) is 0.333. The van der Waals surface area contributed by atoms with Crippen LogP contribution in [0.15, 0.2) is 30.3 Å². The van der Waals surface area contributed by atoms with Crippen LogP contribution in [0, 0.1) is 5.82 Å². The van der Waals surface area contributed by atoms with Crippen molar-refractivity contribution >= 4 is 31.1 Å². The Morgan fingerprint density at radius 1 is 1.13 bits per heavy atom. The number of phenolic OH excluding ortho intramolecular Hbond substituents is 1. The Labute approximate surface area is 224 Å². The first-order chi connectivity index (χ1) is 18.4. The molecule has 0 unspecified atom stereocenters. The first-order valence-electron chi connectivity index (χ1n) is 12.2. The summed E-state index contributed by atoms with van der Waals surface area (Å²) in [6.45, 7) is 2.08. The molecule has 39 heavy (non-hydrogen) atoms. The van der Waals surface area contributed by atoms with Gasteiger partial charge in [-0.2, -0.15) is 17.8 Å². The maximum Gasteiger partial charge on any atom is 0.279 e. The summed E-state index contributed by atoms with van der Waals surface area (Å²) in [5, 5.41) is 17.9. The van der Waals surface area contributed by atoms with Crippen molar-refractivity contribution in [2.75, 3.05) is 25.9 Å². The van der Waals surface area contributed by atoms with E-state index in [9.17, 15) is 26.3 Å². The van der Waals surface area contributed by atoms with Gasteiger partial charge in [0.05, 0.1) is 24.0 Å². The van der Waals surface area contributed by atoms with Gasteiger partial charge in [0.15, 0.2) is 17.4 Å². The van der Waals surface area contributed by atoms with Gasteiger partial charge in [-0.1, -0.05) is 13.0 Å². The zero-order valence-electron chi connectivity index (χ0n) is 21.2. The predicted octanol–water partition coefficient (Wildman–Crippen LogP) is 1.77. The van der Waals surface area contributed by atoms with Crippen molar-refractivity contribution in [3.05, 3.63) is 53.1 Å². The second kappa shape index (κ2) is 10.3. The molecule has 2 aromatic heterocycles. The first kappa shape index (κ1) is 27.2. The molecule has 3 heterocycles. The van der Waals surface area contributed by atoms with E-state index >= 15 is 0 Å². The molecule has 4 aromatic rings. The molecule has 0 amide bonds. The van der Waals surface area contributed by atoms with E-state index in [1.54, 1.807) is 0 Å². The quantitative estimate of drug-likeness (QED) is 0.189. The fourth-order valence-corrected chi connectivity index (χ4v) is 6.26. The number of imidazole rings is 1. The minimum atomic E-state index is -3.84. The molecule has 0 aliphatic carbocycles. The van der Waals surface area contributed by atoms with E-state index in [4.69, 9.17) is 0 Å². The van der Waals surface area contributed by atoms with E-state index < -0.39 is 26.0 Å². The number of phenols is 1. The average Bonchev–Trinajstić information content (AvgIpc) is 3.50. The third-order valence-electron chi connectivity index (χ3n) is 6.57. The Morgan fingerprint density at radius 2 is 1.90 bits per heavy atom. The molecule has 1 aliphatic rings. The van der Waals surface area contributed by atoms with E-state index in [-0.39, 0.29) is 31.9 Å². The maximum absolute atomic E-state index is 14.1. The molecule has 0 radical (unpaired) electrons. The van der Waals surface area contributed by atoms with Gasteiger partial charge in [0.25, 0.3) is 10.2 Å². The van der Waals surface area contributed by atoms with Crippen LogP contribution in [-0.4, -0.2) is 72.3 Å². The molecule has 2 aromatic carbocycles. The van der Waals surface area contributed by atoms with E-state index in [0.717, 1.165) is 28.5 Å². The Hall–Kier alpha value is -3.37. The highest BCUT2D eigenvalue weighted by Gasteiger charge is 2.29. The lowest BCUT2D eigenvalue weighted by atomic mass is 9.96. The zero-order chi connectivity index (χ0) is 27.9. The highest BCUT2D eigenvalue weighted by Crippen LogP contribution is 2.34. The molecular weight excluding hydrogens is 549 g/mol. The molecule has 0 saturated carbocycles. The zero-order valence-corrected chi connectivity index (χ0v) is 22.9. The summed E-state index contributed by atoms with van der Waals surface area (Å²) in [5.74, 6) is -0.576. The molecule has 0 fully saturated rings. The van der Waals surface area contributed by atoms with Crippen LogP contribution in [0.4, 0.5) is 4.39 Å². The first-order valence-corrected chi connectivity index (χ1v) is 15.6. The number of aryl methyl sites for hydroxylation is 1. The Bertz CT molecular complexity index is 1770. The highest BCUT2D eigenvalue weighted by atomic mass is 32.2. The molecule has 5 N–H and O–H groups in total. The number of aromatic hydroxyl groups is 1. The number of hydrogen-bond acceptors (Lipinski definition) is 7. The number of nitrogens with one attached hydrogen (secondary N) is 4. The van der Waals surface area contributed by atoms with Crippen molar-refractivity contribution in [2.45, 2.75) is 26.3 Å². The molecule has 0 bridgehead atoms. The van der Waals surface area contributed by atoms with Crippen molar-refractivity contribution in [3.63, 3.8) is 0 Å². The van der Waals surface area contributed by atoms with Gasteiger partial charge in [-0.15, -0.1) is 0 Å².